The van der Waals surface area contributed by atoms with Crippen LogP contribution in [0.5, 0.6) is 0 Å². The molecule has 0 radical (unpaired) electrons. The molecule has 1 saturated heterocycles. The third-order valence-electron chi connectivity index (χ3n) is 2.95. The van der Waals surface area contributed by atoms with E-state index in [1.807, 2.05) is 12.1 Å². The normalized spacial score (nSPS) is 20.5. The molecule has 1 aliphatic rings. The second kappa shape index (κ2) is 3.98. The van der Waals surface area contributed by atoms with E-state index < -0.39 is 0 Å². The van der Waals surface area contributed by atoms with Crippen molar-refractivity contribution in [3.8, 4) is 0 Å². The Hall–Kier alpha value is -1.42. The summed E-state index contributed by atoms with van der Waals surface area (Å²) in [5, 5.41) is 13.9. The zero-order valence-electron chi connectivity index (χ0n) is 8.69. The maximum Gasteiger partial charge on any atom is 0.272 e. The van der Waals surface area contributed by atoms with Gasteiger partial charge < -0.3 is 5.32 Å². The lowest BCUT2D eigenvalue weighted by atomic mass is 9.96. The molecule has 0 bridgehead atoms. The Balaban J connectivity index is 2.28. The van der Waals surface area contributed by atoms with Crippen molar-refractivity contribution >= 4 is 5.69 Å². The van der Waals surface area contributed by atoms with Gasteiger partial charge in [0, 0.05) is 18.2 Å². The summed E-state index contributed by atoms with van der Waals surface area (Å²) >= 11 is 0. The van der Waals surface area contributed by atoms with E-state index in [2.05, 4.69) is 5.32 Å². The van der Waals surface area contributed by atoms with Gasteiger partial charge in [0.25, 0.3) is 5.69 Å². The molecule has 2 rings (SSSR count). The summed E-state index contributed by atoms with van der Waals surface area (Å²) in [4.78, 5) is 10.3. The number of benzene rings is 1. The second-order valence-electron chi connectivity index (χ2n) is 3.99. The van der Waals surface area contributed by atoms with E-state index >= 15 is 0 Å². The lowest BCUT2D eigenvalue weighted by Gasteiger charge is -2.09. The number of nitrogens with zero attached hydrogens (tertiary/aromatic N) is 1. The van der Waals surface area contributed by atoms with E-state index in [1.54, 1.807) is 13.0 Å². The number of rotatable bonds is 2. The number of nitro groups is 1. The van der Waals surface area contributed by atoms with Crippen molar-refractivity contribution in [2.45, 2.75) is 19.3 Å². The maximum absolute atomic E-state index is 10.6. The molecule has 1 N–H and O–H groups in total. The Bertz CT molecular complexity index is 384. The minimum atomic E-state index is -0.327. The molecular weight excluding hydrogens is 192 g/mol. The fourth-order valence-corrected chi connectivity index (χ4v) is 2.08. The molecule has 1 unspecified atom stereocenters. The molecule has 1 aromatic rings. The van der Waals surface area contributed by atoms with Crippen LogP contribution in [0.4, 0.5) is 5.69 Å². The predicted octanol–water partition coefficient (Wildman–Crippen LogP) is 1.98. The van der Waals surface area contributed by atoms with Gasteiger partial charge in [0.15, 0.2) is 0 Å². The fraction of sp³-hybridized carbons (Fsp3) is 0.455. The van der Waals surface area contributed by atoms with Gasteiger partial charge in [-0.05, 0) is 37.4 Å². The zero-order chi connectivity index (χ0) is 10.8. The average Bonchev–Trinajstić information content (AvgIpc) is 2.69. The quantitative estimate of drug-likeness (QED) is 0.594. The molecule has 1 aromatic carbocycles. The van der Waals surface area contributed by atoms with Gasteiger partial charge in [0.05, 0.1) is 4.92 Å². The highest BCUT2D eigenvalue weighted by atomic mass is 16.6. The zero-order valence-corrected chi connectivity index (χ0v) is 8.69. The van der Waals surface area contributed by atoms with Crippen LogP contribution in [-0.2, 0) is 0 Å². The molecule has 0 aromatic heterocycles. The molecule has 80 valence electrons. The minimum Gasteiger partial charge on any atom is -0.316 e. The van der Waals surface area contributed by atoms with Gasteiger partial charge in [0.2, 0.25) is 0 Å². The topological polar surface area (TPSA) is 55.2 Å². The van der Waals surface area contributed by atoms with E-state index in [1.165, 1.54) is 5.56 Å². The molecule has 0 aliphatic carbocycles. The average molecular weight is 206 g/mol. The van der Waals surface area contributed by atoms with Crippen LogP contribution >= 0.6 is 0 Å². The van der Waals surface area contributed by atoms with Crippen LogP contribution < -0.4 is 5.32 Å². The highest BCUT2D eigenvalue weighted by Gasteiger charge is 2.18. The number of nitrogens with one attached hydrogen (secondary N) is 1. The molecule has 0 spiro atoms. The van der Waals surface area contributed by atoms with E-state index in [9.17, 15) is 10.1 Å². The summed E-state index contributed by atoms with van der Waals surface area (Å²) in [6, 6.07) is 5.43. The van der Waals surface area contributed by atoms with Crippen molar-refractivity contribution in [2.24, 2.45) is 0 Å². The first-order chi connectivity index (χ1) is 7.18. The lowest BCUT2D eigenvalue weighted by Crippen LogP contribution is -2.08. The van der Waals surface area contributed by atoms with Crippen LogP contribution in [0.1, 0.15) is 23.5 Å². The van der Waals surface area contributed by atoms with Crippen molar-refractivity contribution in [3.63, 3.8) is 0 Å². The van der Waals surface area contributed by atoms with Gasteiger partial charge in [-0.3, -0.25) is 10.1 Å². The number of hydrogen-bond acceptors (Lipinski definition) is 3. The summed E-state index contributed by atoms with van der Waals surface area (Å²) in [5.74, 6) is 0.518. The molecule has 0 saturated carbocycles. The summed E-state index contributed by atoms with van der Waals surface area (Å²) in [7, 11) is 0. The van der Waals surface area contributed by atoms with Crippen molar-refractivity contribution in [1.82, 2.24) is 5.32 Å². The largest absolute Gasteiger partial charge is 0.316 e. The lowest BCUT2D eigenvalue weighted by molar-refractivity contribution is -0.385. The van der Waals surface area contributed by atoms with Gasteiger partial charge in [-0.2, -0.15) is 0 Å². The molecule has 4 nitrogen and oxygen atoms in total. The van der Waals surface area contributed by atoms with Gasteiger partial charge >= 0.3 is 0 Å². The Morgan fingerprint density at radius 3 is 2.87 bits per heavy atom. The third kappa shape index (κ3) is 1.99. The van der Waals surface area contributed by atoms with E-state index in [-0.39, 0.29) is 10.6 Å². The first-order valence-electron chi connectivity index (χ1n) is 5.14. The fourth-order valence-electron chi connectivity index (χ4n) is 2.08. The van der Waals surface area contributed by atoms with Gasteiger partial charge in [-0.1, -0.05) is 6.07 Å². The van der Waals surface area contributed by atoms with Crippen molar-refractivity contribution in [2.75, 3.05) is 13.1 Å². The third-order valence-corrected chi connectivity index (χ3v) is 2.95. The van der Waals surface area contributed by atoms with Gasteiger partial charge in [-0.15, -0.1) is 0 Å². The van der Waals surface area contributed by atoms with Crippen molar-refractivity contribution < 1.29 is 4.92 Å². The molecule has 0 amide bonds. The van der Waals surface area contributed by atoms with Crippen LogP contribution in [-0.4, -0.2) is 18.0 Å². The first-order valence-corrected chi connectivity index (χ1v) is 5.14. The van der Waals surface area contributed by atoms with Gasteiger partial charge in [-0.25, -0.2) is 0 Å². The Morgan fingerprint density at radius 2 is 2.33 bits per heavy atom. The minimum absolute atomic E-state index is 0.213. The van der Waals surface area contributed by atoms with Crippen molar-refractivity contribution in [3.05, 3.63) is 39.4 Å². The van der Waals surface area contributed by atoms with Crippen LogP contribution in [0.3, 0.4) is 0 Å². The number of hydrogen-bond donors (Lipinski definition) is 1. The van der Waals surface area contributed by atoms with Crippen LogP contribution in [0.2, 0.25) is 0 Å². The summed E-state index contributed by atoms with van der Waals surface area (Å²) in [6.07, 6.45) is 1.12. The summed E-state index contributed by atoms with van der Waals surface area (Å²) in [6.45, 7) is 3.82. The Morgan fingerprint density at radius 1 is 1.53 bits per heavy atom. The molecule has 1 atom stereocenters. The van der Waals surface area contributed by atoms with E-state index in [0.29, 0.717) is 5.92 Å². The molecule has 4 heteroatoms. The second-order valence-corrected chi connectivity index (χ2v) is 3.99. The highest BCUT2D eigenvalue weighted by Crippen LogP contribution is 2.26. The van der Waals surface area contributed by atoms with Crippen LogP contribution in [0.25, 0.3) is 0 Å². The molecular formula is C11H14N2O2. The Labute approximate surface area is 88.5 Å². The van der Waals surface area contributed by atoms with E-state index in [4.69, 9.17) is 0 Å². The number of aryl methyl sites for hydroxylation is 1. The monoisotopic (exact) mass is 206 g/mol. The predicted molar refractivity (Wildman–Crippen MR) is 58.1 cm³/mol. The van der Waals surface area contributed by atoms with E-state index in [0.717, 1.165) is 25.1 Å². The molecule has 15 heavy (non-hydrogen) atoms. The SMILES string of the molecule is Cc1cc(C2CCNC2)ccc1[N+](=O)[O-]. The van der Waals surface area contributed by atoms with Crippen LogP contribution in [0.15, 0.2) is 18.2 Å². The summed E-state index contributed by atoms with van der Waals surface area (Å²) < 4.78 is 0. The standard InChI is InChI=1S/C11H14N2O2/c1-8-6-9(10-4-5-12-7-10)2-3-11(8)13(14)15/h2-3,6,10,12H,4-5,7H2,1H3. The molecule has 1 fully saturated rings. The van der Waals surface area contributed by atoms with Crippen LogP contribution in [0, 0.1) is 17.0 Å². The first kappa shape index (κ1) is 10.1. The summed E-state index contributed by atoms with van der Waals surface area (Å²) in [5.41, 5.74) is 2.18. The number of nitro benzene ring substituents is 1. The van der Waals surface area contributed by atoms with Crippen molar-refractivity contribution in [1.29, 1.82) is 0 Å². The highest BCUT2D eigenvalue weighted by molar-refractivity contribution is 5.43. The van der Waals surface area contributed by atoms with Gasteiger partial charge in [0.1, 0.15) is 0 Å². The molecule has 1 aliphatic heterocycles. The molecule has 1 heterocycles. The maximum atomic E-state index is 10.6. The Kier molecular flexibility index (Phi) is 2.68. The smallest absolute Gasteiger partial charge is 0.272 e.